The summed E-state index contributed by atoms with van der Waals surface area (Å²) in [4.78, 5) is 31.8. The average Bonchev–Trinajstić information content (AvgIpc) is 3.87. The highest BCUT2D eigenvalue weighted by Crippen LogP contribution is 2.56. The minimum absolute atomic E-state index is 0.00947. The highest BCUT2D eigenvalue weighted by Gasteiger charge is 2.58. The van der Waals surface area contributed by atoms with Gasteiger partial charge in [0.1, 0.15) is 22.9 Å². The molecule has 2 aliphatic heterocycles. The first-order valence-corrected chi connectivity index (χ1v) is 21.6. The van der Waals surface area contributed by atoms with Crippen molar-refractivity contribution in [1.82, 2.24) is 48.3 Å². The molecule has 0 radical (unpaired) electrons. The Morgan fingerprint density at radius 3 is 2.42 bits per heavy atom. The average molecular weight is 873 g/mol. The number of fused-ring (bicyclic) bond motifs is 3. The van der Waals surface area contributed by atoms with E-state index in [-0.39, 0.29) is 59.6 Å². The van der Waals surface area contributed by atoms with Crippen LogP contribution in [-0.4, -0.2) is 67.1 Å². The maximum atomic E-state index is 16.9. The fourth-order valence-corrected chi connectivity index (χ4v) is 10.6. The molecule has 330 valence electrons. The van der Waals surface area contributed by atoms with Gasteiger partial charge in [0, 0.05) is 67.8 Å². The Morgan fingerprint density at radius 2 is 1.70 bits per heavy atom. The number of aromatic nitrogens is 9. The third-order valence-corrected chi connectivity index (χ3v) is 13.8. The van der Waals surface area contributed by atoms with Gasteiger partial charge in [0.2, 0.25) is 0 Å². The Hall–Kier alpha value is -6.46. The first-order valence-electron chi connectivity index (χ1n) is 21.6. The number of aryl methyl sites for hydroxylation is 3. The van der Waals surface area contributed by atoms with E-state index in [4.69, 9.17) is 14.4 Å². The largest absolute Gasteiger partial charge is 0.438 e. The molecule has 14 nitrogen and oxygen atoms in total. The van der Waals surface area contributed by atoms with Gasteiger partial charge in [-0.2, -0.15) is 10.2 Å². The standard InChI is InChI=1S/C47H47F3N10O4/c1-25-15-31(16-26(2)39(25)49)60-42(58-13-12-57(45(58)62)38-10-9-37-33(40(38)50)21-51-55(37)6)34-23-56(24-35(48)41(34)53-60)22-32-18-30-17-28(29-11-14-63-46(4,5)20-29)7-8-36(30)59(32)47(19-27(47)3)43-52-44(61)64-54-43/h7-10,12-13,15-18,21,27,29,35H,11,14,19-20,22-24H2,1-6H3,(H,52,54,61)/t27-,29-,35+,47-/m0/s1. The second-order valence-corrected chi connectivity index (χ2v) is 18.6. The summed E-state index contributed by atoms with van der Waals surface area (Å²) < 4.78 is 67.0. The minimum Gasteiger partial charge on any atom is -0.376 e. The lowest BCUT2D eigenvalue weighted by Gasteiger charge is -2.35. The van der Waals surface area contributed by atoms with Crippen molar-refractivity contribution in [1.29, 1.82) is 0 Å². The third kappa shape index (κ3) is 6.18. The molecule has 3 aromatic carbocycles. The summed E-state index contributed by atoms with van der Waals surface area (Å²) in [5.41, 5.74) is 3.86. The first-order chi connectivity index (χ1) is 30.6. The van der Waals surface area contributed by atoms with E-state index in [0.29, 0.717) is 52.7 Å². The van der Waals surface area contributed by atoms with Crippen LogP contribution in [0.4, 0.5) is 13.2 Å². The number of nitrogens with one attached hydrogen (secondary N) is 1. The number of imidazole rings is 1. The monoisotopic (exact) mass is 872 g/mol. The highest BCUT2D eigenvalue weighted by molar-refractivity contribution is 5.83. The molecular formula is C47H47F3N10O4. The number of alkyl halides is 1. The molecule has 7 heterocycles. The topological polar surface area (TPSA) is 139 Å². The first kappa shape index (κ1) is 40.3. The number of nitrogens with zero attached hydrogens (tertiary/aromatic N) is 9. The van der Waals surface area contributed by atoms with E-state index in [1.165, 1.54) is 44.0 Å². The van der Waals surface area contributed by atoms with Crippen LogP contribution in [0.1, 0.15) is 91.6 Å². The third-order valence-electron chi connectivity index (χ3n) is 13.8. The number of benzene rings is 3. The van der Waals surface area contributed by atoms with Crippen molar-refractivity contribution in [3.63, 3.8) is 0 Å². The van der Waals surface area contributed by atoms with Crippen LogP contribution in [0.25, 0.3) is 39.0 Å². The number of rotatable bonds is 8. The molecule has 0 bridgehead atoms. The minimum atomic E-state index is -1.57. The van der Waals surface area contributed by atoms with Gasteiger partial charge in [-0.3, -0.25) is 28.2 Å². The zero-order chi connectivity index (χ0) is 44.6. The molecule has 4 atom stereocenters. The number of halogens is 3. The lowest BCUT2D eigenvalue weighted by Crippen LogP contribution is -2.34. The normalized spacial score (nSPS) is 22.2. The Morgan fingerprint density at radius 1 is 0.953 bits per heavy atom. The molecule has 0 spiro atoms. The number of aromatic amines is 1. The Kier molecular flexibility index (Phi) is 8.99. The Balaban J connectivity index is 1.04. The number of H-pyrrole nitrogens is 1. The van der Waals surface area contributed by atoms with E-state index < -0.39 is 29.0 Å². The zero-order valence-electron chi connectivity index (χ0n) is 36.3. The van der Waals surface area contributed by atoms with Crippen molar-refractivity contribution >= 4 is 21.8 Å². The molecule has 8 aromatic rings. The van der Waals surface area contributed by atoms with Crippen LogP contribution >= 0.6 is 0 Å². The summed E-state index contributed by atoms with van der Waals surface area (Å²) in [7, 11) is 1.71. The van der Waals surface area contributed by atoms with E-state index in [1.54, 1.807) is 43.8 Å². The number of ether oxygens (including phenoxy) is 1. The van der Waals surface area contributed by atoms with Gasteiger partial charge in [-0.15, -0.1) is 0 Å². The quantitative estimate of drug-likeness (QED) is 0.164. The molecule has 3 aliphatic rings. The van der Waals surface area contributed by atoms with Gasteiger partial charge < -0.3 is 9.30 Å². The van der Waals surface area contributed by atoms with E-state index in [9.17, 15) is 9.59 Å². The fourth-order valence-electron chi connectivity index (χ4n) is 10.6. The summed E-state index contributed by atoms with van der Waals surface area (Å²) in [6.07, 6.45) is 5.32. The van der Waals surface area contributed by atoms with Crippen molar-refractivity contribution in [2.45, 2.75) is 90.2 Å². The molecule has 1 N–H and O–H groups in total. The van der Waals surface area contributed by atoms with Crippen LogP contribution in [0.15, 0.2) is 81.2 Å². The summed E-state index contributed by atoms with van der Waals surface area (Å²) in [5, 5.41) is 14.5. The van der Waals surface area contributed by atoms with Crippen molar-refractivity contribution in [2.75, 3.05) is 13.2 Å². The second-order valence-electron chi connectivity index (χ2n) is 18.6. The molecule has 1 aliphatic carbocycles. The summed E-state index contributed by atoms with van der Waals surface area (Å²) >= 11 is 0. The van der Waals surface area contributed by atoms with Crippen LogP contribution in [-0.2, 0) is 30.4 Å². The Labute approximate surface area is 364 Å². The molecule has 2 fully saturated rings. The molecule has 1 saturated carbocycles. The van der Waals surface area contributed by atoms with Gasteiger partial charge in [0.05, 0.1) is 34.1 Å². The highest BCUT2D eigenvalue weighted by atomic mass is 19.1. The SMILES string of the molecule is Cc1cc(-n2nc3c(c2-n2ccn(-c4ccc5c(cnn5C)c4F)c2=O)CN(Cc2cc4cc([C@H]5CCOC(C)(C)C5)ccc4n2[C@@]2(c4noc(=O)[nH]4)C[C@@H]2C)C[C@H]3F)cc(C)c1F. The zero-order valence-corrected chi connectivity index (χ0v) is 36.3. The van der Waals surface area contributed by atoms with Crippen molar-refractivity contribution < 1.29 is 22.4 Å². The van der Waals surface area contributed by atoms with Crippen molar-refractivity contribution in [2.24, 2.45) is 13.0 Å². The summed E-state index contributed by atoms with van der Waals surface area (Å²) in [5.74, 6) is -0.538. The molecule has 0 amide bonds. The van der Waals surface area contributed by atoms with Crippen molar-refractivity contribution in [3.05, 3.63) is 139 Å². The molecule has 5 aromatic heterocycles. The molecule has 11 rings (SSSR count). The van der Waals surface area contributed by atoms with Gasteiger partial charge in [0.25, 0.3) is 0 Å². The molecule has 0 unspecified atom stereocenters. The van der Waals surface area contributed by atoms with Crippen molar-refractivity contribution in [3.8, 4) is 17.2 Å². The van der Waals surface area contributed by atoms with E-state index in [1.807, 2.05) is 4.90 Å². The second kappa shape index (κ2) is 14.3. The fraction of sp³-hybridized carbons (Fsp3) is 0.383. The van der Waals surface area contributed by atoms with Gasteiger partial charge >= 0.3 is 11.4 Å². The molecule has 17 heteroatoms. The van der Waals surface area contributed by atoms with Gasteiger partial charge in [-0.25, -0.2) is 27.4 Å². The maximum Gasteiger partial charge on any atom is 0.438 e. The number of hydrogen-bond donors (Lipinski definition) is 1. The van der Waals surface area contributed by atoms with Gasteiger partial charge in [-0.1, -0.05) is 18.1 Å². The van der Waals surface area contributed by atoms with Crippen LogP contribution in [0.5, 0.6) is 0 Å². The lowest BCUT2D eigenvalue weighted by molar-refractivity contribution is -0.0592. The predicted molar refractivity (Wildman–Crippen MR) is 232 cm³/mol. The molecular weight excluding hydrogens is 826 g/mol. The molecule has 1 saturated heterocycles. The smallest absolute Gasteiger partial charge is 0.376 e. The van der Waals surface area contributed by atoms with Gasteiger partial charge in [-0.05, 0) is 118 Å². The summed E-state index contributed by atoms with van der Waals surface area (Å²) in [6.45, 7) is 10.8. The predicted octanol–water partition coefficient (Wildman–Crippen LogP) is 7.71. The number of hydrogen-bond acceptors (Lipinski definition) is 8. The van der Waals surface area contributed by atoms with E-state index >= 15 is 13.2 Å². The Bertz CT molecular complexity index is 3290. The maximum absolute atomic E-state index is 16.9. The summed E-state index contributed by atoms with van der Waals surface area (Å²) in [6, 6.07) is 15.1. The van der Waals surface area contributed by atoms with Crippen LogP contribution in [0.3, 0.4) is 0 Å². The van der Waals surface area contributed by atoms with Gasteiger partial charge in [0.15, 0.2) is 17.8 Å². The van der Waals surface area contributed by atoms with Crippen LogP contribution < -0.4 is 11.4 Å². The van der Waals surface area contributed by atoms with Crippen LogP contribution in [0.2, 0.25) is 0 Å². The van der Waals surface area contributed by atoms with E-state index in [0.717, 1.165) is 29.4 Å². The molecule has 64 heavy (non-hydrogen) atoms. The lowest BCUT2D eigenvalue weighted by atomic mass is 9.83. The van der Waals surface area contributed by atoms with E-state index in [2.05, 4.69) is 64.8 Å². The van der Waals surface area contributed by atoms with Crippen LogP contribution in [0, 0.1) is 31.4 Å².